The van der Waals surface area contributed by atoms with E-state index in [4.69, 9.17) is 9.47 Å². The predicted molar refractivity (Wildman–Crippen MR) is 97.0 cm³/mol. The highest BCUT2D eigenvalue weighted by Crippen LogP contribution is 2.08. The summed E-state index contributed by atoms with van der Waals surface area (Å²) in [5, 5.41) is 0. The van der Waals surface area contributed by atoms with Gasteiger partial charge < -0.3 is 9.47 Å². The third-order valence-electron chi connectivity index (χ3n) is 3.33. The van der Waals surface area contributed by atoms with Gasteiger partial charge in [-0.3, -0.25) is 0 Å². The molecule has 132 valence electrons. The molecule has 0 radical (unpaired) electrons. The van der Waals surface area contributed by atoms with Crippen LogP contribution in [0.25, 0.3) is 0 Å². The Hall–Kier alpha value is -0.0800. The lowest BCUT2D eigenvalue weighted by Gasteiger charge is -2.12. The van der Waals surface area contributed by atoms with Crippen LogP contribution in [-0.2, 0) is 9.47 Å². The molecule has 0 rings (SSSR count). The average Bonchev–Trinajstić information content (AvgIpc) is 2.37. The molecule has 0 aliphatic heterocycles. The molecule has 0 aliphatic rings. The van der Waals surface area contributed by atoms with Crippen LogP contribution >= 0.6 is 0 Å². The summed E-state index contributed by atoms with van der Waals surface area (Å²) in [6.45, 7) is 19.5. The van der Waals surface area contributed by atoms with E-state index in [1.807, 2.05) is 0 Å². The van der Waals surface area contributed by atoms with Gasteiger partial charge in [0, 0.05) is 27.4 Å². The topological polar surface area (TPSA) is 18.5 Å². The van der Waals surface area contributed by atoms with Gasteiger partial charge in [0.1, 0.15) is 0 Å². The van der Waals surface area contributed by atoms with E-state index in [2.05, 4.69) is 55.4 Å². The van der Waals surface area contributed by atoms with Crippen LogP contribution in [0.4, 0.5) is 0 Å². The van der Waals surface area contributed by atoms with Crippen LogP contribution in [0.15, 0.2) is 0 Å². The van der Waals surface area contributed by atoms with Crippen molar-refractivity contribution in [2.24, 2.45) is 23.7 Å². The van der Waals surface area contributed by atoms with Crippen LogP contribution < -0.4 is 0 Å². The molecule has 0 aromatic heterocycles. The second-order valence-electron chi connectivity index (χ2n) is 7.03. The van der Waals surface area contributed by atoms with Gasteiger partial charge in [-0.15, -0.1) is 0 Å². The van der Waals surface area contributed by atoms with Crippen LogP contribution in [0.5, 0.6) is 0 Å². The maximum Gasteiger partial charge on any atom is 0.0490 e. The number of hydrogen-bond donors (Lipinski definition) is 0. The Kier molecular flexibility index (Phi) is 24.5. The highest BCUT2D eigenvalue weighted by molar-refractivity contribution is 4.53. The highest BCUT2D eigenvalue weighted by Gasteiger charge is 2.04. The Morgan fingerprint density at radius 2 is 1.19 bits per heavy atom. The molecule has 0 aromatic carbocycles. The zero-order chi connectivity index (χ0) is 17.3. The Balaban J connectivity index is -0.000000234. The van der Waals surface area contributed by atoms with Gasteiger partial charge in [-0.25, -0.2) is 0 Å². The molecule has 2 heteroatoms. The van der Waals surface area contributed by atoms with Crippen molar-refractivity contribution in [2.45, 2.75) is 74.7 Å². The van der Waals surface area contributed by atoms with Crippen molar-refractivity contribution in [1.29, 1.82) is 0 Å². The molecule has 0 heterocycles. The van der Waals surface area contributed by atoms with Crippen LogP contribution in [0, 0.1) is 23.7 Å². The fraction of sp³-hybridized carbons (Fsp3) is 1.00. The SMILES string of the molecule is CCCC(C)C.COCC(C)C(C)C.COCCC(C)C. The smallest absolute Gasteiger partial charge is 0.0490 e. The quantitative estimate of drug-likeness (QED) is 0.543. The summed E-state index contributed by atoms with van der Waals surface area (Å²) in [6.07, 6.45) is 3.88. The summed E-state index contributed by atoms with van der Waals surface area (Å²) in [4.78, 5) is 0. The van der Waals surface area contributed by atoms with Crippen molar-refractivity contribution >= 4 is 0 Å². The monoisotopic (exact) mass is 304 g/mol. The summed E-state index contributed by atoms with van der Waals surface area (Å²) in [5.41, 5.74) is 0. The van der Waals surface area contributed by atoms with Gasteiger partial charge in [-0.2, -0.15) is 0 Å². The second-order valence-corrected chi connectivity index (χ2v) is 7.03. The van der Waals surface area contributed by atoms with Crippen molar-refractivity contribution in [2.75, 3.05) is 27.4 Å². The second kappa shape index (κ2) is 19.9. The normalized spacial score (nSPS) is 11.9. The Labute approximate surface area is 136 Å². The molecule has 0 fully saturated rings. The molecule has 1 atom stereocenters. The Bertz CT molecular complexity index is 165. The summed E-state index contributed by atoms with van der Waals surface area (Å²) < 4.78 is 9.82. The summed E-state index contributed by atoms with van der Waals surface area (Å²) in [7, 11) is 3.49. The van der Waals surface area contributed by atoms with Crippen LogP contribution in [-0.4, -0.2) is 27.4 Å². The molecule has 2 nitrogen and oxygen atoms in total. The maximum absolute atomic E-state index is 4.96. The van der Waals surface area contributed by atoms with Crippen molar-refractivity contribution in [3.05, 3.63) is 0 Å². The molecule has 0 aromatic rings. The molecule has 0 saturated heterocycles. The number of methoxy groups -OCH3 is 2. The van der Waals surface area contributed by atoms with E-state index in [0.29, 0.717) is 5.92 Å². The molecule has 0 N–H and O–H groups in total. The fourth-order valence-corrected chi connectivity index (χ4v) is 1.39. The van der Waals surface area contributed by atoms with E-state index in [1.165, 1.54) is 19.3 Å². The molecule has 0 aliphatic carbocycles. The van der Waals surface area contributed by atoms with Gasteiger partial charge in [0.15, 0.2) is 0 Å². The first kappa shape index (κ1) is 25.9. The summed E-state index contributed by atoms with van der Waals surface area (Å²) in [6, 6.07) is 0. The lowest BCUT2D eigenvalue weighted by atomic mass is 10.00. The summed E-state index contributed by atoms with van der Waals surface area (Å²) in [5.74, 6) is 3.12. The van der Waals surface area contributed by atoms with Crippen LogP contribution in [0.2, 0.25) is 0 Å². The standard InChI is InChI=1S/C7H16O.C6H14O.C6H14/c1-6(2)7(3)5-8-4;1-6(2)4-5-7-3;1-4-5-6(2)3/h6-7H,5H2,1-4H3;6H,4-5H2,1-3H3;6H,4-5H2,1-3H3. The highest BCUT2D eigenvalue weighted by atomic mass is 16.5. The Morgan fingerprint density at radius 1 is 0.714 bits per heavy atom. The third kappa shape index (κ3) is 33.0. The van der Waals surface area contributed by atoms with Gasteiger partial charge in [-0.1, -0.05) is 68.2 Å². The summed E-state index contributed by atoms with van der Waals surface area (Å²) >= 11 is 0. The molecule has 0 spiro atoms. The lowest BCUT2D eigenvalue weighted by molar-refractivity contribution is 0.138. The van der Waals surface area contributed by atoms with Crippen molar-refractivity contribution in [1.82, 2.24) is 0 Å². The van der Waals surface area contributed by atoms with E-state index in [0.717, 1.165) is 31.0 Å². The van der Waals surface area contributed by atoms with Gasteiger partial charge in [0.05, 0.1) is 0 Å². The first-order chi connectivity index (χ1) is 9.72. The average molecular weight is 305 g/mol. The maximum atomic E-state index is 4.96. The lowest BCUT2D eigenvalue weighted by Crippen LogP contribution is -2.09. The molecule has 0 saturated carbocycles. The minimum absolute atomic E-state index is 0.694. The first-order valence-electron chi connectivity index (χ1n) is 8.70. The third-order valence-corrected chi connectivity index (χ3v) is 3.33. The molecule has 0 bridgehead atoms. The molecule has 21 heavy (non-hydrogen) atoms. The zero-order valence-corrected chi connectivity index (χ0v) is 16.7. The molecule has 1 unspecified atom stereocenters. The number of rotatable bonds is 8. The van der Waals surface area contributed by atoms with Crippen LogP contribution in [0.3, 0.4) is 0 Å². The molecular weight excluding hydrogens is 260 g/mol. The Morgan fingerprint density at radius 3 is 1.29 bits per heavy atom. The van der Waals surface area contributed by atoms with E-state index >= 15 is 0 Å². The van der Waals surface area contributed by atoms with Gasteiger partial charge >= 0.3 is 0 Å². The van der Waals surface area contributed by atoms with Gasteiger partial charge in [0.2, 0.25) is 0 Å². The zero-order valence-electron chi connectivity index (χ0n) is 16.7. The largest absolute Gasteiger partial charge is 0.385 e. The van der Waals surface area contributed by atoms with Crippen molar-refractivity contribution < 1.29 is 9.47 Å². The van der Waals surface area contributed by atoms with E-state index in [9.17, 15) is 0 Å². The van der Waals surface area contributed by atoms with E-state index in [-0.39, 0.29) is 0 Å². The van der Waals surface area contributed by atoms with Gasteiger partial charge in [0.25, 0.3) is 0 Å². The van der Waals surface area contributed by atoms with E-state index < -0.39 is 0 Å². The molecular formula is C19H44O2. The van der Waals surface area contributed by atoms with Gasteiger partial charge in [-0.05, 0) is 30.1 Å². The van der Waals surface area contributed by atoms with Crippen molar-refractivity contribution in [3.8, 4) is 0 Å². The van der Waals surface area contributed by atoms with Crippen molar-refractivity contribution in [3.63, 3.8) is 0 Å². The predicted octanol–water partition coefficient (Wildman–Crippen LogP) is 6.05. The number of hydrogen-bond acceptors (Lipinski definition) is 2. The van der Waals surface area contributed by atoms with Crippen LogP contribution in [0.1, 0.15) is 74.7 Å². The van der Waals surface area contributed by atoms with E-state index in [1.54, 1.807) is 14.2 Å². The number of ether oxygens (including phenoxy) is 2. The fourth-order valence-electron chi connectivity index (χ4n) is 1.39. The minimum atomic E-state index is 0.694. The molecule has 0 amide bonds. The minimum Gasteiger partial charge on any atom is -0.385 e. The first-order valence-corrected chi connectivity index (χ1v) is 8.70.